The van der Waals surface area contributed by atoms with Gasteiger partial charge in [-0.3, -0.25) is 19.1 Å². The first kappa shape index (κ1) is 22.4. The van der Waals surface area contributed by atoms with Gasteiger partial charge in [0.2, 0.25) is 0 Å². The molecule has 0 aliphatic carbocycles. The summed E-state index contributed by atoms with van der Waals surface area (Å²) in [5.41, 5.74) is 1.50. The Balaban J connectivity index is 1.36. The van der Waals surface area contributed by atoms with E-state index in [0.29, 0.717) is 5.75 Å². The first-order chi connectivity index (χ1) is 17.0. The molecule has 35 heavy (non-hydrogen) atoms. The van der Waals surface area contributed by atoms with E-state index in [-0.39, 0.29) is 29.4 Å². The number of benzene rings is 2. The molecule has 6 nitrogen and oxygen atoms in total. The number of carbonyl (C=O) groups excluding carboxylic acids is 1. The molecule has 1 N–H and O–H groups in total. The number of nitrogens with one attached hydrogen (secondary N) is 1. The monoisotopic (exact) mass is 489 g/mol. The van der Waals surface area contributed by atoms with Crippen LogP contribution < -0.4 is 15.6 Å². The SMILES string of the molecule is O=C(NCc1ccc(F)cc1)c1ccc(=O)n(-c2ccc(Oc3ccnc4ccsc34)c(F)c2)c1. The number of rotatable bonds is 6. The van der Waals surface area contributed by atoms with Gasteiger partial charge in [-0.1, -0.05) is 12.1 Å². The number of halogens is 2. The number of thiophene rings is 1. The Morgan fingerprint density at radius 1 is 1.00 bits per heavy atom. The van der Waals surface area contributed by atoms with Crippen molar-refractivity contribution >= 4 is 27.5 Å². The van der Waals surface area contributed by atoms with Gasteiger partial charge in [0.1, 0.15) is 11.6 Å². The van der Waals surface area contributed by atoms with Crippen LogP contribution in [0.2, 0.25) is 0 Å². The molecule has 174 valence electrons. The van der Waals surface area contributed by atoms with Crippen LogP contribution in [0.4, 0.5) is 8.78 Å². The van der Waals surface area contributed by atoms with Crippen LogP contribution in [0.3, 0.4) is 0 Å². The third kappa shape index (κ3) is 4.80. The molecule has 5 rings (SSSR count). The molecule has 0 unspecified atom stereocenters. The molecule has 0 saturated heterocycles. The second kappa shape index (κ2) is 9.47. The van der Waals surface area contributed by atoms with E-state index in [1.54, 1.807) is 24.4 Å². The van der Waals surface area contributed by atoms with Crippen molar-refractivity contribution in [2.45, 2.75) is 6.54 Å². The molecule has 3 aromatic heterocycles. The number of fused-ring (bicyclic) bond motifs is 1. The lowest BCUT2D eigenvalue weighted by molar-refractivity contribution is 0.0950. The van der Waals surface area contributed by atoms with Crippen LogP contribution in [0.5, 0.6) is 11.5 Å². The third-order valence-corrected chi connectivity index (χ3v) is 6.18. The van der Waals surface area contributed by atoms with Gasteiger partial charge in [-0.25, -0.2) is 8.78 Å². The fraction of sp³-hybridized carbons (Fsp3) is 0.0385. The molecule has 0 fully saturated rings. The molecule has 5 aromatic rings. The van der Waals surface area contributed by atoms with E-state index >= 15 is 0 Å². The van der Waals surface area contributed by atoms with E-state index in [2.05, 4.69) is 10.3 Å². The fourth-order valence-corrected chi connectivity index (χ4v) is 4.28. The molecule has 0 aliphatic rings. The number of ether oxygens (including phenoxy) is 1. The molecule has 0 radical (unpaired) electrons. The molecule has 0 saturated carbocycles. The van der Waals surface area contributed by atoms with Gasteiger partial charge in [-0.2, -0.15) is 0 Å². The first-order valence-corrected chi connectivity index (χ1v) is 11.4. The summed E-state index contributed by atoms with van der Waals surface area (Å²) in [7, 11) is 0. The second-order valence-electron chi connectivity index (χ2n) is 7.60. The van der Waals surface area contributed by atoms with Gasteiger partial charge in [0, 0.05) is 37.1 Å². The Kier molecular flexibility index (Phi) is 6.07. The Morgan fingerprint density at radius 3 is 2.63 bits per heavy atom. The van der Waals surface area contributed by atoms with Crippen LogP contribution in [0.15, 0.2) is 89.3 Å². The lowest BCUT2D eigenvalue weighted by Gasteiger charge is -2.12. The van der Waals surface area contributed by atoms with Gasteiger partial charge in [0.15, 0.2) is 11.6 Å². The van der Waals surface area contributed by atoms with Gasteiger partial charge in [-0.15, -0.1) is 11.3 Å². The van der Waals surface area contributed by atoms with E-state index in [9.17, 15) is 18.4 Å². The van der Waals surface area contributed by atoms with Crippen molar-refractivity contribution in [2.24, 2.45) is 0 Å². The van der Waals surface area contributed by atoms with Crippen molar-refractivity contribution < 1.29 is 18.3 Å². The smallest absolute Gasteiger partial charge is 0.255 e. The Morgan fingerprint density at radius 2 is 1.83 bits per heavy atom. The maximum absolute atomic E-state index is 14.9. The third-order valence-electron chi connectivity index (χ3n) is 5.26. The summed E-state index contributed by atoms with van der Waals surface area (Å²) < 4.78 is 35.7. The van der Waals surface area contributed by atoms with Crippen molar-refractivity contribution in [1.82, 2.24) is 14.9 Å². The zero-order valence-electron chi connectivity index (χ0n) is 18.1. The van der Waals surface area contributed by atoms with Crippen molar-refractivity contribution in [2.75, 3.05) is 0 Å². The van der Waals surface area contributed by atoms with Crippen LogP contribution in [0, 0.1) is 11.6 Å². The number of carbonyl (C=O) groups is 1. The largest absolute Gasteiger partial charge is 0.453 e. The average molecular weight is 490 g/mol. The van der Waals surface area contributed by atoms with Crippen LogP contribution in [-0.4, -0.2) is 15.5 Å². The van der Waals surface area contributed by atoms with E-state index in [1.807, 2.05) is 11.4 Å². The molecule has 0 atom stereocenters. The molecule has 9 heteroatoms. The quantitative estimate of drug-likeness (QED) is 0.344. The van der Waals surface area contributed by atoms with Crippen LogP contribution in [-0.2, 0) is 6.54 Å². The predicted molar refractivity (Wildman–Crippen MR) is 129 cm³/mol. The lowest BCUT2D eigenvalue weighted by atomic mass is 10.2. The standard InChI is InChI=1S/C26H17F2N3O3S/c27-18-4-1-16(2-5-18)14-30-26(33)17-3-8-24(32)31(15-17)19-6-7-22(20(28)13-19)34-23-9-11-29-21-10-12-35-25(21)23/h1-13,15H,14H2,(H,30,33). The minimum Gasteiger partial charge on any atom is -0.453 e. The number of hydrogen-bond donors (Lipinski definition) is 1. The number of amides is 1. The highest BCUT2D eigenvalue weighted by Crippen LogP contribution is 2.33. The van der Waals surface area contributed by atoms with Crippen LogP contribution >= 0.6 is 11.3 Å². The average Bonchev–Trinajstić information content (AvgIpc) is 3.35. The van der Waals surface area contributed by atoms with Gasteiger partial charge >= 0.3 is 0 Å². The molecule has 0 spiro atoms. The van der Waals surface area contributed by atoms with E-state index in [0.717, 1.165) is 15.8 Å². The van der Waals surface area contributed by atoms with Gasteiger partial charge in [0.05, 0.1) is 21.5 Å². The fourth-order valence-electron chi connectivity index (χ4n) is 3.48. The maximum atomic E-state index is 14.9. The van der Waals surface area contributed by atoms with Crippen molar-refractivity contribution in [1.29, 1.82) is 0 Å². The molecule has 0 bridgehead atoms. The Labute approximate surface area is 202 Å². The normalized spacial score (nSPS) is 10.9. The highest BCUT2D eigenvalue weighted by Gasteiger charge is 2.13. The number of hydrogen-bond acceptors (Lipinski definition) is 5. The minimum atomic E-state index is -0.665. The molecular weight excluding hydrogens is 472 g/mol. The van der Waals surface area contributed by atoms with E-state index in [4.69, 9.17) is 4.74 Å². The molecular formula is C26H17F2N3O3S. The topological polar surface area (TPSA) is 73.2 Å². The van der Waals surface area contributed by atoms with Crippen molar-refractivity contribution in [3.8, 4) is 17.2 Å². The van der Waals surface area contributed by atoms with Crippen molar-refractivity contribution in [3.05, 3.63) is 118 Å². The summed E-state index contributed by atoms with van der Waals surface area (Å²) in [4.78, 5) is 29.3. The number of aromatic nitrogens is 2. The first-order valence-electron chi connectivity index (χ1n) is 10.5. The highest BCUT2D eigenvalue weighted by atomic mass is 32.1. The van der Waals surface area contributed by atoms with Gasteiger partial charge < -0.3 is 10.1 Å². The number of pyridine rings is 2. The Bertz CT molecular complexity index is 1600. The predicted octanol–water partition coefficient (Wildman–Crippen LogP) is 5.45. The number of nitrogens with zero attached hydrogens (tertiary/aromatic N) is 2. The Hall–Kier alpha value is -4.37. The van der Waals surface area contributed by atoms with Crippen LogP contribution in [0.25, 0.3) is 15.9 Å². The lowest BCUT2D eigenvalue weighted by Crippen LogP contribution is -2.25. The summed E-state index contributed by atoms with van der Waals surface area (Å²) in [6.07, 6.45) is 2.93. The summed E-state index contributed by atoms with van der Waals surface area (Å²) in [5.74, 6) is -0.982. The zero-order chi connectivity index (χ0) is 24.4. The summed E-state index contributed by atoms with van der Waals surface area (Å²) >= 11 is 1.44. The van der Waals surface area contributed by atoms with Crippen molar-refractivity contribution in [3.63, 3.8) is 0 Å². The van der Waals surface area contributed by atoms with Gasteiger partial charge in [0.25, 0.3) is 11.5 Å². The molecule has 2 aromatic carbocycles. The summed E-state index contributed by atoms with van der Waals surface area (Å²) in [5, 5.41) is 4.59. The zero-order valence-corrected chi connectivity index (χ0v) is 18.9. The molecule has 0 aliphatic heterocycles. The van der Waals surface area contributed by atoms with E-state index < -0.39 is 17.3 Å². The molecule has 1 amide bonds. The van der Waals surface area contributed by atoms with Crippen LogP contribution in [0.1, 0.15) is 15.9 Å². The summed E-state index contributed by atoms with van der Waals surface area (Å²) in [6, 6.07) is 16.0. The van der Waals surface area contributed by atoms with Gasteiger partial charge in [-0.05, 0) is 47.3 Å². The molecule has 3 heterocycles. The highest BCUT2D eigenvalue weighted by molar-refractivity contribution is 7.17. The minimum absolute atomic E-state index is 0.00380. The maximum Gasteiger partial charge on any atom is 0.255 e. The summed E-state index contributed by atoms with van der Waals surface area (Å²) in [6.45, 7) is 0.186. The van der Waals surface area contributed by atoms with E-state index in [1.165, 1.54) is 64.6 Å². The second-order valence-corrected chi connectivity index (χ2v) is 8.51.